The number of allylic oxidation sites excluding steroid dienone is 1. The van der Waals surface area contributed by atoms with Gasteiger partial charge in [0.2, 0.25) is 0 Å². The highest BCUT2D eigenvalue weighted by molar-refractivity contribution is 6.01. The second-order valence-electron chi connectivity index (χ2n) is 11.7. The fourth-order valence-corrected chi connectivity index (χ4v) is 5.78. The second kappa shape index (κ2) is 11.4. The molecule has 13 heteroatoms. The number of carbonyl (C=O) groups is 1. The van der Waals surface area contributed by atoms with Gasteiger partial charge in [0, 0.05) is 29.1 Å². The van der Waals surface area contributed by atoms with Crippen molar-refractivity contribution in [3.8, 4) is 11.5 Å². The van der Waals surface area contributed by atoms with Crippen LogP contribution in [0, 0.1) is 5.41 Å². The number of hydrogen-bond acceptors (Lipinski definition) is 11. The third-order valence-corrected chi connectivity index (χ3v) is 7.80. The Morgan fingerprint density at radius 3 is 2.14 bits per heavy atom. The Labute approximate surface area is 245 Å². The number of anilines is 3. The van der Waals surface area contributed by atoms with Gasteiger partial charge < -0.3 is 36.0 Å². The molecule has 5 rings (SSSR count). The normalized spacial score (nSPS) is 20.6. The van der Waals surface area contributed by atoms with Crippen molar-refractivity contribution in [2.45, 2.75) is 57.0 Å². The first-order valence-corrected chi connectivity index (χ1v) is 13.7. The molecule has 3 aromatic rings. The molecule has 0 fully saturated rings. The van der Waals surface area contributed by atoms with Gasteiger partial charge in [-0.05, 0) is 60.4 Å². The van der Waals surface area contributed by atoms with Gasteiger partial charge in [0.1, 0.15) is 35.6 Å². The van der Waals surface area contributed by atoms with Crippen LogP contribution in [0.1, 0.15) is 38.2 Å². The van der Waals surface area contributed by atoms with Crippen molar-refractivity contribution in [2.24, 2.45) is 5.41 Å². The summed E-state index contributed by atoms with van der Waals surface area (Å²) in [6.07, 6.45) is -7.51. The van der Waals surface area contributed by atoms with Crippen LogP contribution in [0.5, 0.6) is 11.5 Å². The molecule has 5 atom stereocenters. The maximum atomic E-state index is 13.7. The number of nitrogens with two attached hydrogens (primary N) is 1. The van der Waals surface area contributed by atoms with Crippen molar-refractivity contribution in [2.75, 3.05) is 17.2 Å². The second-order valence-corrected chi connectivity index (χ2v) is 11.7. The lowest BCUT2D eigenvalue weighted by molar-refractivity contribution is -0.124. The molecule has 2 aliphatic rings. The van der Waals surface area contributed by atoms with E-state index in [9.17, 15) is 39.9 Å². The predicted octanol–water partition coefficient (Wildman–Crippen LogP) is 0.752. The van der Waals surface area contributed by atoms with Gasteiger partial charge in [-0.2, -0.15) is 0 Å². The zero-order valence-electron chi connectivity index (χ0n) is 23.5. The highest BCUT2D eigenvalue weighted by Gasteiger charge is 2.49. The molecule has 0 saturated carbocycles. The summed E-state index contributed by atoms with van der Waals surface area (Å²) in [5.74, 6) is -0.876. The number of aliphatic hydroxyl groups is 5. The summed E-state index contributed by atoms with van der Waals surface area (Å²) in [6, 6.07) is 13.5. The zero-order valence-corrected chi connectivity index (χ0v) is 23.5. The van der Waals surface area contributed by atoms with Crippen molar-refractivity contribution < 1.29 is 35.1 Å². The summed E-state index contributed by atoms with van der Waals surface area (Å²) >= 11 is 0. The Hall–Kier alpha value is -4.27. The topological polar surface area (TPSA) is 222 Å². The lowest BCUT2D eigenvalue weighted by Crippen LogP contribution is -2.52. The maximum absolute atomic E-state index is 13.7. The van der Waals surface area contributed by atoms with E-state index in [-0.39, 0.29) is 29.8 Å². The number of H-pyrrole nitrogens is 2. The average Bonchev–Trinajstić information content (AvgIpc) is 2.95. The molecule has 43 heavy (non-hydrogen) atoms. The number of ether oxygens (including phenoxy) is 1. The number of aliphatic hydroxyl groups excluding tert-OH is 5. The highest BCUT2D eigenvalue weighted by atomic mass is 16.5. The molecule has 2 heterocycles. The molecular formula is C30H34N4O9. The molecule has 13 nitrogen and oxygen atoms in total. The van der Waals surface area contributed by atoms with Gasteiger partial charge >= 0.3 is 5.69 Å². The fraction of sp³-hybridized carbons (Fsp3) is 0.367. The number of hydrogen-bond donors (Lipinski definition) is 8. The molecule has 9 N–H and O–H groups in total. The predicted molar refractivity (Wildman–Crippen MR) is 156 cm³/mol. The Bertz CT molecular complexity index is 1660. The minimum absolute atomic E-state index is 0.0290. The van der Waals surface area contributed by atoms with E-state index >= 15 is 0 Å². The Morgan fingerprint density at radius 2 is 1.53 bits per heavy atom. The van der Waals surface area contributed by atoms with Gasteiger partial charge in [0.05, 0.1) is 24.2 Å². The number of ketones is 1. The van der Waals surface area contributed by atoms with Gasteiger partial charge in [0.25, 0.3) is 5.56 Å². The number of nitrogens with one attached hydrogen (secondary N) is 2. The summed E-state index contributed by atoms with van der Waals surface area (Å²) in [5, 5.41) is 51.7. The zero-order chi connectivity index (χ0) is 31.2. The van der Waals surface area contributed by atoms with Crippen molar-refractivity contribution in [3.05, 3.63) is 86.2 Å². The van der Waals surface area contributed by atoms with Crippen molar-refractivity contribution in [3.63, 3.8) is 0 Å². The summed E-state index contributed by atoms with van der Waals surface area (Å²) in [6.45, 7) is 2.86. The van der Waals surface area contributed by atoms with Gasteiger partial charge in [0.15, 0.2) is 5.78 Å². The van der Waals surface area contributed by atoms with Crippen LogP contribution < -0.4 is 26.6 Å². The fourth-order valence-electron chi connectivity index (χ4n) is 5.78. The molecule has 0 bridgehead atoms. The summed E-state index contributed by atoms with van der Waals surface area (Å²) < 4.78 is 5.89. The standard InChI is InChI=1S/C30H34N4O9/c1-30(2)11-18-21(19(36)12-30)22(25(39)26(40)24(38)20(37)13-35)23-27(32-29(42)33-28(23)41)34(18)15-5-9-17(10-6-15)43-16-7-3-14(31)4-8-16/h3-10,20,22,24-26,35,37-40H,11-13,31H2,1-2H3,(H2,32,33,41,42)/t20-,22?,24-,25+,26+/m1/s1. The average molecular weight is 595 g/mol. The number of carbonyl (C=O) groups excluding carboxylic acids is 1. The van der Waals surface area contributed by atoms with Gasteiger partial charge in [-0.1, -0.05) is 13.8 Å². The van der Waals surface area contributed by atoms with Crippen LogP contribution in [-0.2, 0) is 4.79 Å². The number of nitrogen functional groups attached to an aromatic ring is 1. The molecule has 0 amide bonds. The van der Waals surface area contributed by atoms with E-state index in [4.69, 9.17) is 10.5 Å². The van der Waals surface area contributed by atoms with E-state index in [1.807, 2.05) is 13.8 Å². The van der Waals surface area contributed by atoms with E-state index < -0.39 is 59.4 Å². The lowest BCUT2D eigenvalue weighted by atomic mass is 9.68. The summed E-state index contributed by atoms with van der Waals surface area (Å²) in [4.78, 5) is 46.0. The Kier molecular flexibility index (Phi) is 8.03. The van der Waals surface area contributed by atoms with Crippen LogP contribution in [-0.4, -0.2) is 72.3 Å². The van der Waals surface area contributed by atoms with Crippen LogP contribution in [0.2, 0.25) is 0 Å². The highest BCUT2D eigenvalue weighted by Crippen LogP contribution is 2.51. The number of Topliss-reactive ketones (excluding diaryl/α,β-unsaturated/α-hetero) is 1. The monoisotopic (exact) mass is 594 g/mol. The molecule has 1 aliphatic heterocycles. The van der Waals surface area contributed by atoms with E-state index in [2.05, 4.69) is 9.97 Å². The van der Waals surface area contributed by atoms with E-state index in [1.54, 1.807) is 53.4 Å². The molecule has 1 aromatic heterocycles. The molecule has 1 aliphatic carbocycles. The van der Waals surface area contributed by atoms with E-state index in [0.717, 1.165) is 0 Å². The minimum atomic E-state index is -2.07. The molecule has 228 valence electrons. The van der Waals surface area contributed by atoms with Gasteiger partial charge in [-0.3, -0.25) is 24.5 Å². The van der Waals surface area contributed by atoms with Crippen molar-refractivity contribution in [1.29, 1.82) is 0 Å². The first-order chi connectivity index (χ1) is 20.3. The summed E-state index contributed by atoms with van der Waals surface area (Å²) in [7, 11) is 0. The van der Waals surface area contributed by atoms with Crippen LogP contribution in [0.15, 0.2) is 69.4 Å². The lowest BCUT2D eigenvalue weighted by Gasteiger charge is -2.45. The first kappa shape index (κ1) is 30.2. The molecule has 0 saturated heterocycles. The van der Waals surface area contributed by atoms with Crippen LogP contribution in [0.3, 0.4) is 0 Å². The SMILES string of the molecule is CC1(C)CC(=O)C2=C(C1)N(c1ccc(Oc3ccc(N)cc3)cc1)c1[nH]c(=O)[nH]c(=O)c1C2[C@H](O)[C@@H](O)[C@H](O)[C@H](O)CO. The minimum Gasteiger partial charge on any atom is -0.457 e. The Morgan fingerprint density at radius 1 is 0.930 bits per heavy atom. The summed E-state index contributed by atoms with van der Waals surface area (Å²) in [5.41, 5.74) is 4.69. The van der Waals surface area contributed by atoms with Gasteiger partial charge in [-0.15, -0.1) is 0 Å². The van der Waals surface area contributed by atoms with Crippen LogP contribution in [0.4, 0.5) is 17.2 Å². The third-order valence-electron chi connectivity index (χ3n) is 7.80. The number of rotatable bonds is 8. The number of fused-ring (bicyclic) bond motifs is 1. The van der Waals surface area contributed by atoms with Gasteiger partial charge in [-0.25, -0.2) is 4.79 Å². The molecule has 2 aromatic carbocycles. The smallest absolute Gasteiger partial charge is 0.327 e. The molecule has 0 spiro atoms. The largest absolute Gasteiger partial charge is 0.457 e. The molecule has 0 radical (unpaired) electrons. The van der Waals surface area contributed by atoms with Crippen molar-refractivity contribution in [1.82, 2.24) is 9.97 Å². The van der Waals surface area contributed by atoms with Crippen LogP contribution in [0.25, 0.3) is 0 Å². The number of aromatic amines is 2. The van der Waals surface area contributed by atoms with E-state index in [0.29, 0.717) is 28.6 Å². The van der Waals surface area contributed by atoms with Crippen LogP contribution >= 0.6 is 0 Å². The number of aromatic nitrogens is 2. The number of benzene rings is 2. The first-order valence-electron chi connectivity index (χ1n) is 13.7. The molecular weight excluding hydrogens is 560 g/mol. The maximum Gasteiger partial charge on any atom is 0.327 e. The Balaban J connectivity index is 1.66. The quantitative estimate of drug-likeness (QED) is 0.170. The third kappa shape index (κ3) is 5.72. The van der Waals surface area contributed by atoms with E-state index in [1.165, 1.54) is 0 Å². The molecule has 1 unspecified atom stereocenters. The van der Waals surface area contributed by atoms with Crippen molar-refractivity contribution >= 4 is 23.0 Å². The number of nitrogens with zero attached hydrogens (tertiary/aromatic N) is 1.